The molecule has 0 aliphatic heterocycles. The first kappa shape index (κ1) is 17.7. The number of aromatic amines is 1. The Morgan fingerprint density at radius 3 is 2.69 bits per heavy atom. The topological polar surface area (TPSA) is 89.7 Å². The van der Waals surface area contributed by atoms with Crippen LogP contribution in [0.5, 0.6) is 5.75 Å². The Bertz CT molecular complexity index is 887. The van der Waals surface area contributed by atoms with E-state index < -0.39 is 0 Å². The number of aromatic nitrogens is 4. The number of rotatable bonds is 7. The van der Waals surface area contributed by atoms with Crippen LogP contribution in [0.15, 0.2) is 48.6 Å². The highest BCUT2D eigenvalue weighted by atomic mass is 16.5. The highest BCUT2D eigenvalue weighted by Gasteiger charge is 2.15. The molecule has 6 heteroatoms. The third-order valence-electron chi connectivity index (χ3n) is 4.06. The fourth-order valence-electron chi connectivity index (χ4n) is 2.86. The molecule has 3 rings (SSSR count). The summed E-state index contributed by atoms with van der Waals surface area (Å²) < 4.78 is 5.91. The molecule has 6 nitrogen and oxygen atoms in total. The number of nitrogen functional groups attached to an aromatic ring is 1. The van der Waals surface area contributed by atoms with Gasteiger partial charge in [0.25, 0.3) is 0 Å². The molecule has 0 saturated heterocycles. The van der Waals surface area contributed by atoms with Crippen molar-refractivity contribution < 1.29 is 4.74 Å². The van der Waals surface area contributed by atoms with Gasteiger partial charge in [0, 0.05) is 11.1 Å². The van der Waals surface area contributed by atoms with Crippen LogP contribution in [0.4, 0.5) is 5.69 Å². The number of allylic oxidation sites excluding steroid dienone is 2. The lowest BCUT2D eigenvalue weighted by Crippen LogP contribution is -2.03. The van der Waals surface area contributed by atoms with Gasteiger partial charge in [-0.3, -0.25) is 0 Å². The van der Waals surface area contributed by atoms with Gasteiger partial charge < -0.3 is 10.5 Å². The van der Waals surface area contributed by atoms with E-state index in [-0.39, 0.29) is 0 Å². The second-order valence-electron chi connectivity index (χ2n) is 5.97. The number of ether oxygens (including phenoxy) is 1. The Labute approximate surface area is 153 Å². The summed E-state index contributed by atoms with van der Waals surface area (Å²) in [4.78, 5) is 0. The van der Waals surface area contributed by atoms with Gasteiger partial charge >= 0.3 is 0 Å². The normalized spacial score (nSPS) is 11.2. The van der Waals surface area contributed by atoms with E-state index in [9.17, 15) is 0 Å². The lowest BCUT2D eigenvalue weighted by molar-refractivity contribution is 0.316. The number of anilines is 1. The number of nitrogens with two attached hydrogens (primary N) is 1. The van der Waals surface area contributed by atoms with Crippen LogP contribution in [-0.4, -0.2) is 27.2 Å². The van der Waals surface area contributed by atoms with Crippen LogP contribution >= 0.6 is 0 Å². The van der Waals surface area contributed by atoms with Gasteiger partial charge in [0.2, 0.25) is 0 Å². The molecule has 0 fully saturated rings. The zero-order valence-electron chi connectivity index (χ0n) is 15.1. The van der Waals surface area contributed by atoms with Gasteiger partial charge in [-0.25, -0.2) is 5.10 Å². The van der Waals surface area contributed by atoms with E-state index in [1.807, 2.05) is 43.3 Å². The van der Waals surface area contributed by atoms with E-state index in [1.165, 1.54) is 0 Å². The minimum absolute atomic E-state index is 0.625. The molecule has 0 radical (unpaired) electrons. The van der Waals surface area contributed by atoms with Gasteiger partial charge in [0.1, 0.15) is 5.75 Å². The first-order chi connectivity index (χ1) is 12.7. The van der Waals surface area contributed by atoms with Crippen LogP contribution in [0.25, 0.3) is 22.5 Å². The van der Waals surface area contributed by atoms with Crippen molar-refractivity contribution in [2.75, 3.05) is 12.3 Å². The maximum atomic E-state index is 6.34. The number of hydrogen-bond donors (Lipinski definition) is 2. The summed E-state index contributed by atoms with van der Waals surface area (Å²) in [6, 6.07) is 12.1. The van der Waals surface area contributed by atoms with Crippen molar-refractivity contribution in [2.24, 2.45) is 0 Å². The van der Waals surface area contributed by atoms with E-state index in [1.54, 1.807) is 0 Å². The van der Waals surface area contributed by atoms with E-state index in [2.05, 4.69) is 39.7 Å². The minimum Gasteiger partial charge on any atom is -0.491 e. The summed E-state index contributed by atoms with van der Waals surface area (Å²) in [5.74, 6) is 1.40. The van der Waals surface area contributed by atoms with Crippen LogP contribution in [-0.2, 0) is 6.42 Å². The smallest absolute Gasteiger partial charge is 0.180 e. The Hall–Kier alpha value is -3.15. The third-order valence-corrected chi connectivity index (χ3v) is 4.06. The highest BCUT2D eigenvalue weighted by Crippen LogP contribution is 2.37. The zero-order valence-corrected chi connectivity index (χ0v) is 15.1. The van der Waals surface area contributed by atoms with Crippen molar-refractivity contribution in [3.05, 3.63) is 54.1 Å². The summed E-state index contributed by atoms with van der Waals surface area (Å²) >= 11 is 0. The van der Waals surface area contributed by atoms with Crippen LogP contribution in [0.1, 0.15) is 25.8 Å². The van der Waals surface area contributed by atoms with Gasteiger partial charge in [0.05, 0.1) is 12.3 Å². The first-order valence-electron chi connectivity index (χ1n) is 8.74. The average Bonchev–Trinajstić information content (AvgIpc) is 3.20. The molecule has 0 saturated carbocycles. The molecule has 0 spiro atoms. The van der Waals surface area contributed by atoms with Crippen molar-refractivity contribution in [3.63, 3.8) is 0 Å². The third kappa shape index (κ3) is 3.74. The van der Waals surface area contributed by atoms with E-state index >= 15 is 0 Å². The van der Waals surface area contributed by atoms with Crippen molar-refractivity contribution in [2.45, 2.75) is 26.7 Å². The van der Waals surface area contributed by atoms with Crippen LogP contribution in [0.2, 0.25) is 0 Å². The average molecular weight is 349 g/mol. The molecule has 0 aliphatic rings. The van der Waals surface area contributed by atoms with Crippen LogP contribution in [0, 0.1) is 0 Å². The first-order valence-corrected chi connectivity index (χ1v) is 8.74. The molecule has 2 aromatic carbocycles. The van der Waals surface area contributed by atoms with E-state index in [0.717, 1.165) is 40.8 Å². The Morgan fingerprint density at radius 1 is 1.19 bits per heavy atom. The summed E-state index contributed by atoms with van der Waals surface area (Å²) in [5.41, 5.74) is 11.0. The molecule has 0 atom stereocenters. The van der Waals surface area contributed by atoms with Gasteiger partial charge in [-0.15, -0.1) is 5.10 Å². The largest absolute Gasteiger partial charge is 0.491 e. The monoisotopic (exact) mass is 349 g/mol. The predicted molar refractivity (Wildman–Crippen MR) is 104 cm³/mol. The molecule has 0 aliphatic carbocycles. The molecule has 0 unspecified atom stereocenters. The number of hydrogen-bond acceptors (Lipinski definition) is 5. The molecule has 0 amide bonds. The van der Waals surface area contributed by atoms with Crippen LogP contribution in [0.3, 0.4) is 0 Å². The number of tetrazole rings is 1. The number of nitrogens with zero attached hydrogens (tertiary/aromatic N) is 3. The van der Waals surface area contributed by atoms with Crippen molar-refractivity contribution >= 4 is 5.69 Å². The van der Waals surface area contributed by atoms with Crippen molar-refractivity contribution in [3.8, 4) is 28.3 Å². The molecule has 26 heavy (non-hydrogen) atoms. The molecule has 1 aromatic heterocycles. The highest BCUT2D eigenvalue weighted by molar-refractivity contribution is 5.83. The molecule has 3 aromatic rings. The number of H-pyrrole nitrogens is 1. The number of benzene rings is 2. The molecular formula is C20H23N5O. The molecule has 3 N–H and O–H groups in total. The van der Waals surface area contributed by atoms with Crippen molar-refractivity contribution in [1.82, 2.24) is 20.6 Å². The fraction of sp³-hybridized carbons (Fsp3) is 0.250. The van der Waals surface area contributed by atoms with Gasteiger partial charge in [-0.05, 0) is 53.5 Å². The molecule has 0 bridgehead atoms. The summed E-state index contributed by atoms with van der Waals surface area (Å²) in [6.45, 7) is 4.73. The van der Waals surface area contributed by atoms with Gasteiger partial charge in [-0.1, -0.05) is 43.3 Å². The van der Waals surface area contributed by atoms with Crippen molar-refractivity contribution in [1.29, 1.82) is 0 Å². The Balaban J connectivity index is 2.10. The standard InChI is InChI=1S/C20H23N5O/c1-3-5-8-14-12-15(13-18(21)19(14)26-11-4-2)16-9-6-7-10-17(16)20-22-24-25-23-20/h3,5-7,9-10,12-13H,4,8,11,21H2,1-2H3,(H,22,23,24,25)/b5-3+. The van der Waals surface area contributed by atoms with E-state index in [4.69, 9.17) is 10.5 Å². The summed E-state index contributed by atoms with van der Waals surface area (Å²) in [5, 5.41) is 14.2. The quantitative estimate of drug-likeness (QED) is 0.496. The SMILES string of the molecule is C/C=C/Cc1cc(-c2ccccc2-c2nnn[nH]2)cc(N)c1OCCC. The second kappa shape index (κ2) is 8.29. The Morgan fingerprint density at radius 2 is 2.00 bits per heavy atom. The minimum atomic E-state index is 0.625. The van der Waals surface area contributed by atoms with Crippen LogP contribution < -0.4 is 10.5 Å². The predicted octanol–water partition coefficient (Wildman–Crippen LogP) is 4.02. The lowest BCUT2D eigenvalue weighted by atomic mass is 9.95. The Kier molecular flexibility index (Phi) is 5.63. The van der Waals surface area contributed by atoms with E-state index in [0.29, 0.717) is 18.1 Å². The lowest BCUT2D eigenvalue weighted by Gasteiger charge is -2.16. The second-order valence-corrected chi connectivity index (χ2v) is 5.97. The summed E-state index contributed by atoms with van der Waals surface area (Å²) in [6.07, 6.45) is 5.83. The van der Waals surface area contributed by atoms with Gasteiger partial charge in [0.15, 0.2) is 5.82 Å². The maximum absolute atomic E-state index is 6.34. The zero-order chi connectivity index (χ0) is 18.4. The molecule has 134 valence electrons. The van der Waals surface area contributed by atoms with Gasteiger partial charge in [-0.2, -0.15) is 0 Å². The molecule has 1 heterocycles. The maximum Gasteiger partial charge on any atom is 0.180 e. The fourth-order valence-corrected chi connectivity index (χ4v) is 2.86. The summed E-state index contributed by atoms with van der Waals surface area (Å²) in [7, 11) is 0. The number of nitrogens with one attached hydrogen (secondary N) is 1. The molecular weight excluding hydrogens is 326 g/mol.